The van der Waals surface area contributed by atoms with Crippen LogP contribution >= 0.6 is 46.9 Å². The lowest BCUT2D eigenvalue weighted by atomic mass is 10.2. The van der Waals surface area contributed by atoms with Crippen LogP contribution in [0.3, 0.4) is 0 Å². The summed E-state index contributed by atoms with van der Waals surface area (Å²) in [6.07, 6.45) is -5.12. The van der Waals surface area contributed by atoms with E-state index in [4.69, 9.17) is 16.3 Å². The van der Waals surface area contributed by atoms with Crippen molar-refractivity contribution in [2.75, 3.05) is 19.7 Å². The van der Waals surface area contributed by atoms with Crippen LogP contribution in [0.1, 0.15) is 23.5 Å². The molecular weight excluding hydrogens is 542 g/mol. The van der Waals surface area contributed by atoms with Crippen LogP contribution in [-0.4, -0.2) is 36.9 Å². The molecule has 0 aliphatic rings. The first-order valence-electron chi connectivity index (χ1n) is 8.51. The molecule has 1 heterocycles. The molecule has 29 heavy (non-hydrogen) atoms. The number of thiophene rings is 1. The summed E-state index contributed by atoms with van der Waals surface area (Å²) in [6, 6.07) is 9.82. The van der Waals surface area contributed by atoms with Crippen LogP contribution in [0.4, 0.5) is 13.2 Å². The standard InChI is InChI=1S/C18H21ClF3N3O2S.HI/c1-2-23-17(25-10-14(26)15-6-7-16(19)28-15)24-9-12-4-3-5-13(8-12)27-11-18(20,21)22;/h3-8,14,26H,2,9-11H2,1H3,(H2,23,24,25);1H. The molecule has 0 aliphatic heterocycles. The number of nitrogens with one attached hydrogen (secondary N) is 2. The van der Waals surface area contributed by atoms with Crippen molar-refractivity contribution in [2.45, 2.75) is 25.7 Å². The van der Waals surface area contributed by atoms with Gasteiger partial charge in [0.2, 0.25) is 0 Å². The van der Waals surface area contributed by atoms with E-state index < -0.39 is 18.9 Å². The predicted molar refractivity (Wildman–Crippen MR) is 121 cm³/mol. The summed E-state index contributed by atoms with van der Waals surface area (Å²) >= 11 is 7.17. The monoisotopic (exact) mass is 563 g/mol. The van der Waals surface area contributed by atoms with E-state index in [1.807, 2.05) is 6.92 Å². The summed E-state index contributed by atoms with van der Waals surface area (Å²) in [4.78, 5) is 5.13. The summed E-state index contributed by atoms with van der Waals surface area (Å²) in [5, 5.41) is 16.3. The Bertz CT molecular complexity index is 790. The van der Waals surface area contributed by atoms with Crippen LogP contribution in [-0.2, 0) is 6.54 Å². The number of aliphatic hydroxyl groups excluding tert-OH is 1. The highest BCUT2D eigenvalue weighted by Gasteiger charge is 2.28. The van der Waals surface area contributed by atoms with Gasteiger partial charge in [0.05, 0.1) is 10.9 Å². The minimum atomic E-state index is -4.39. The number of halogens is 5. The number of alkyl halides is 3. The van der Waals surface area contributed by atoms with Crippen LogP contribution in [0.2, 0.25) is 4.34 Å². The Kier molecular flexibility index (Phi) is 11.1. The van der Waals surface area contributed by atoms with E-state index >= 15 is 0 Å². The summed E-state index contributed by atoms with van der Waals surface area (Å²) in [6.45, 7) is 1.64. The van der Waals surface area contributed by atoms with Gasteiger partial charge in [0.15, 0.2) is 12.6 Å². The Morgan fingerprint density at radius 3 is 2.66 bits per heavy atom. The zero-order valence-corrected chi connectivity index (χ0v) is 19.4. The van der Waals surface area contributed by atoms with E-state index in [0.29, 0.717) is 22.4 Å². The van der Waals surface area contributed by atoms with Gasteiger partial charge in [-0.15, -0.1) is 35.3 Å². The SMILES string of the molecule is CCNC(=NCc1cccc(OCC(F)(F)F)c1)NCC(O)c1ccc(Cl)s1.I. The third-order valence-electron chi connectivity index (χ3n) is 3.45. The second kappa shape index (κ2) is 12.5. The van der Waals surface area contributed by atoms with Crippen LogP contribution in [0, 0.1) is 0 Å². The third-order valence-corrected chi connectivity index (χ3v) is 4.78. The molecule has 0 radical (unpaired) electrons. The fourth-order valence-corrected chi connectivity index (χ4v) is 3.26. The number of rotatable bonds is 8. The van der Waals surface area contributed by atoms with Crippen LogP contribution in [0.25, 0.3) is 0 Å². The van der Waals surface area contributed by atoms with E-state index in [1.54, 1.807) is 24.3 Å². The Labute approximate surface area is 193 Å². The molecule has 5 nitrogen and oxygen atoms in total. The van der Waals surface area contributed by atoms with Gasteiger partial charge in [-0.3, -0.25) is 0 Å². The van der Waals surface area contributed by atoms with Gasteiger partial charge in [0.1, 0.15) is 11.9 Å². The maximum absolute atomic E-state index is 12.3. The molecule has 0 amide bonds. The molecule has 1 aromatic carbocycles. The molecule has 0 saturated heterocycles. The highest BCUT2D eigenvalue weighted by molar-refractivity contribution is 14.0. The molecule has 0 aliphatic carbocycles. The molecule has 1 aromatic heterocycles. The van der Waals surface area contributed by atoms with Gasteiger partial charge >= 0.3 is 6.18 Å². The number of ether oxygens (including phenoxy) is 1. The number of hydrogen-bond donors (Lipinski definition) is 3. The number of hydrogen-bond acceptors (Lipinski definition) is 4. The van der Waals surface area contributed by atoms with Crippen molar-refractivity contribution >= 4 is 52.9 Å². The molecule has 0 spiro atoms. The van der Waals surface area contributed by atoms with E-state index in [2.05, 4.69) is 15.6 Å². The van der Waals surface area contributed by atoms with Gasteiger partial charge in [-0.1, -0.05) is 23.7 Å². The van der Waals surface area contributed by atoms with Gasteiger partial charge in [-0.2, -0.15) is 13.2 Å². The molecule has 2 aromatic rings. The predicted octanol–water partition coefficient (Wildman–Crippen LogP) is 4.75. The number of benzene rings is 1. The van der Waals surface area contributed by atoms with Crippen molar-refractivity contribution in [1.82, 2.24) is 10.6 Å². The highest BCUT2D eigenvalue weighted by Crippen LogP contribution is 2.26. The fourth-order valence-electron chi connectivity index (χ4n) is 2.21. The van der Waals surface area contributed by atoms with E-state index in [0.717, 1.165) is 4.88 Å². The first-order valence-corrected chi connectivity index (χ1v) is 9.70. The van der Waals surface area contributed by atoms with Gasteiger partial charge < -0.3 is 20.5 Å². The average molecular weight is 564 g/mol. The Morgan fingerprint density at radius 2 is 2.03 bits per heavy atom. The topological polar surface area (TPSA) is 65.9 Å². The number of guanidine groups is 1. The fraction of sp³-hybridized carbons (Fsp3) is 0.389. The lowest BCUT2D eigenvalue weighted by molar-refractivity contribution is -0.153. The largest absolute Gasteiger partial charge is 0.484 e. The minimum Gasteiger partial charge on any atom is -0.484 e. The molecule has 1 atom stereocenters. The Morgan fingerprint density at radius 1 is 1.28 bits per heavy atom. The van der Waals surface area contributed by atoms with Crippen LogP contribution < -0.4 is 15.4 Å². The van der Waals surface area contributed by atoms with Crippen molar-refractivity contribution in [1.29, 1.82) is 0 Å². The van der Waals surface area contributed by atoms with E-state index in [9.17, 15) is 18.3 Å². The van der Waals surface area contributed by atoms with Crippen molar-refractivity contribution in [3.05, 3.63) is 51.2 Å². The molecular formula is C18H22ClF3IN3O2S. The maximum atomic E-state index is 12.3. The second-order valence-corrected chi connectivity index (χ2v) is 7.53. The molecule has 0 saturated carbocycles. The molecule has 2 rings (SSSR count). The van der Waals surface area contributed by atoms with Crippen LogP contribution in [0.15, 0.2) is 41.4 Å². The lowest BCUT2D eigenvalue weighted by Gasteiger charge is -2.14. The zero-order valence-electron chi connectivity index (χ0n) is 15.5. The van der Waals surface area contributed by atoms with E-state index in [1.165, 1.54) is 23.5 Å². The first kappa shape index (κ1) is 25.8. The molecule has 162 valence electrons. The summed E-state index contributed by atoms with van der Waals surface area (Å²) in [7, 11) is 0. The Hall–Kier alpha value is -1.24. The number of nitrogens with zero attached hydrogens (tertiary/aromatic N) is 1. The van der Waals surface area contributed by atoms with Crippen molar-refractivity contribution < 1.29 is 23.0 Å². The van der Waals surface area contributed by atoms with Gasteiger partial charge in [0.25, 0.3) is 0 Å². The first-order chi connectivity index (χ1) is 13.3. The normalized spacial score (nSPS) is 12.8. The Balaban J connectivity index is 0.00000420. The molecule has 11 heteroatoms. The summed E-state index contributed by atoms with van der Waals surface area (Å²) < 4.78 is 42.1. The van der Waals surface area contributed by atoms with Crippen molar-refractivity contribution in [2.24, 2.45) is 4.99 Å². The van der Waals surface area contributed by atoms with Crippen molar-refractivity contribution in [3.63, 3.8) is 0 Å². The number of aliphatic hydroxyl groups is 1. The quantitative estimate of drug-likeness (QED) is 0.246. The van der Waals surface area contributed by atoms with Crippen molar-refractivity contribution in [3.8, 4) is 5.75 Å². The van der Waals surface area contributed by atoms with Crippen LogP contribution in [0.5, 0.6) is 5.75 Å². The molecule has 3 N–H and O–H groups in total. The maximum Gasteiger partial charge on any atom is 0.422 e. The number of aliphatic imine (C=N–C) groups is 1. The van der Waals surface area contributed by atoms with E-state index in [-0.39, 0.29) is 42.8 Å². The zero-order chi connectivity index (χ0) is 20.6. The van der Waals surface area contributed by atoms with Gasteiger partial charge in [-0.25, -0.2) is 4.99 Å². The molecule has 1 unspecified atom stereocenters. The molecule has 0 bridgehead atoms. The summed E-state index contributed by atoms with van der Waals surface area (Å²) in [5.41, 5.74) is 0.697. The third kappa shape index (κ3) is 9.87. The average Bonchev–Trinajstić information content (AvgIpc) is 3.08. The highest BCUT2D eigenvalue weighted by atomic mass is 127. The van der Waals surface area contributed by atoms with Gasteiger partial charge in [-0.05, 0) is 36.8 Å². The molecule has 0 fully saturated rings. The smallest absolute Gasteiger partial charge is 0.422 e. The minimum absolute atomic E-state index is 0. The lowest BCUT2D eigenvalue weighted by Crippen LogP contribution is -2.39. The summed E-state index contributed by atoms with van der Waals surface area (Å²) in [5.74, 6) is 0.610. The second-order valence-electron chi connectivity index (χ2n) is 5.78. The van der Waals surface area contributed by atoms with Gasteiger partial charge in [0, 0.05) is 18.0 Å².